The number of hydrogen-bond acceptors (Lipinski definition) is 2. The maximum Gasteiger partial charge on any atom is 0.129 e. The molecule has 80 valence electrons. The largest absolute Gasteiger partial charge is 0.386 e. The van der Waals surface area contributed by atoms with E-state index >= 15 is 0 Å². The van der Waals surface area contributed by atoms with Crippen molar-refractivity contribution in [1.82, 2.24) is 4.98 Å². The Bertz CT molecular complexity index is 359. The minimum Gasteiger partial charge on any atom is -0.386 e. The zero-order valence-electron chi connectivity index (χ0n) is 9.49. The van der Waals surface area contributed by atoms with Crippen molar-refractivity contribution in [2.24, 2.45) is 0 Å². The van der Waals surface area contributed by atoms with Crippen molar-refractivity contribution in [3.63, 3.8) is 0 Å². The molecule has 0 spiro atoms. The third-order valence-electron chi connectivity index (χ3n) is 1.79. The van der Waals surface area contributed by atoms with E-state index in [4.69, 9.17) is 0 Å². The summed E-state index contributed by atoms with van der Waals surface area (Å²) in [4.78, 5) is 4.09. The summed E-state index contributed by atoms with van der Waals surface area (Å²) in [5, 5.41) is 9.77. The van der Waals surface area contributed by atoms with Crippen molar-refractivity contribution in [1.29, 1.82) is 0 Å². The van der Waals surface area contributed by atoms with E-state index in [-0.39, 0.29) is 0 Å². The van der Waals surface area contributed by atoms with E-state index in [0.717, 1.165) is 0 Å². The topological polar surface area (TPSA) is 33.1 Å². The molecule has 0 bridgehead atoms. The lowest BCUT2D eigenvalue weighted by Gasteiger charge is -2.06. The molecule has 15 heavy (non-hydrogen) atoms. The summed E-state index contributed by atoms with van der Waals surface area (Å²) >= 11 is 0. The molecule has 1 unspecified atom stereocenters. The summed E-state index contributed by atoms with van der Waals surface area (Å²) in [5.41, 5.74) is 3.92. The average Bonchev–Trinajstić information content (AvgIpc) is 2.17. The maximum atomic E-state index is 9.77. The highest BCUT2D eigenvalue weighted by atomic mass is 28.3. The molecular weight excluding hydrogens is 202 g/mol. The van der Waals surface area contributed by atoms with Crippen molar-refractivity contribution < 1.29 is 5.11 Å². The molecule has 0 saturated heterocycles. The maximum absolute atomic E-state index is 9.77. The van der Waals surface area contributed by atoms with Crippen LogP contribution < -0.4 is 0 Å². The molecule has 1 rings (SSSR count). The summed E-state index contributed by atoms with van der Waals surface area (Å²) in [6.07, 6.45) is 1.60. The Hall–Kier alpha value is -1.11. The van der Waals surface area contributed by atoms with Crippen LogP contribution in [0.5, 0.6) is 0 Å². The average molecular weight is 219 g/mol. The SMILES string of the molecule is C[Si](C)(C)C#CCC(O)c1ccccn1. The Morgan fingerprint density at radius 2 is 2.13 bits per heavy atom. The number of aromatic nitrogens is 1. The summed E-state index contributed by atoms with van der Waals surface area (Å²) in [7, 11) is -1.32. The zero-order valence-corrected chi connectivity index (χ0v) is 10.5. The van der Waals surface area contributed by atoms with Crippen LogP contribution in [0.15, 0.2) is 24.4 Å². The molecule has 2 nitrogen and oxygen atoms in total. The van der Waals surface area contributed by atoms with Gasteiger partial charge < -0.3 is 5.11 Å². The fraction of sp³-hybridized carbons (Fsp3) is 0.417. The van der Waals surface area contributed by atoms with Crippen molar-refractivity contribution in [2.45, 2.75) is 32.2 Å². The highest BCUT2D eigenvalue weighted by molar-refractivity contribution is 6.83. The Morgan fingerprint density at radius 3 is 2.67 bits per heavy atom. The van der Waals surface area contributed by atoms with Crippen molar-refractivity contribution >= 4 is 8.07 Å². The summed E-state index contributed by atoms with van der Waals surface area (Å²) in [6.45, 7) is 6.56. The van der Waals surface area contributed by atoms with E-state index in [1.807, 2.05) is 18.2 Å². The van der Waals surface area contributed by atoms with Gasteiger partial charge in [0.15, 0.2) is 0 Å². The molecule has 0 aliphatic rings. The Balaban J connectivity index is 2.57. The van der Waals surface area contributed by atoms with E-state index in [1.165, 1.54) is 0 Å². The summed E-state index contributed by atoms with van der Waals surface area (Å²) in [5.74, 6) is 3.05. The first-order valence-electron chi connectivity index (χ1n) is 5.08. The van der Waals surface area contributed by atoms with Crippen LogP contribution in [0.4, 0.5) is 0 Å². The van der Waals surface area contributed by atoms with Crippen molar-refractivity contribution in [3.05, 3.63) is 30.1 Å². The molecule has 0 radical (unpaired) electrons. The van der Waals surface area contributed by atoms with Crippen LogP contribution in [0.25, 0.3) is 0 Å². The summed E-state index contributed by atoms with van der Waals surface area (Å²) < 4.78 is 0. The highest BCUT2D eigenvalue weighted by Gasteiger charge is 2.09. The van der Waals surface area contributed by atoms with Crippen LogP contribution in [0, 0.1) is 11.5 Å². The molecule has 0 aliphatic heterocycles. The van der Waals surface area contributed by atoms with Gasteiger partial charge in [-0.2, -0.15) is 0 Å². The normalized spacial score (nSPS) is 12.8. The molecule has 0 amide bonds. The van der Waals surface area contributed by atoms with Crippen LogP contribution in [-0.4, -0.2) is 18.2 Å². The van der Waals surface area contributed by atoms with Gasteiger partial charge in [0.05, 0.1) is 5.69 Å². The van der Waals surface area contributed by atoms with E-state index in [1.54, 1.807) is 6.20 Å². The second-order valence-electron chi connectivity index (χ2n) is 4.53. The van der Waals surface area contributed by atoms with Gasteiger partial charge in [0.2, 0.25) is 0 Å². The molecule has 0 saturated carbocycles. The Labute approximate surface area is 92.4 Å². The Morgan fingerprint density at radius 1 is 1.40 bits per heavy atom. The fourth-order valence-electron chi connectivity index (χ4n) is 1.09. The van der Waals surface area contributed by atoms with Crippen LogP contribution >= 0.6 is 0 Å². The highest BCUT2D eigenvalue weighted by Crippen LogP contribution is 2.12. The monoisotopic (exact) mass is 219 g/mol. The first-order valence-corrected chi connectivity index (χ1v) is 8.58. The van der Waals surface area contributed by atoms with Gasteiger partial charge >= 0.3 is 0 Å². The molecule has 1 heterocycles. The third-order valence-corrected chi connectivity index (χ3v) is 2.71. The molecule has 1 aromatic heterocycles. The lowest BCUT2D eigenvalue weighted by Crippen LogP contribution is -2.16. The van der Waals surface area contributed by atoms with Gasteiger partial charge in [0.25, 0.3) is 0 Å². The van der Waals surface area contributed by atoms with Gasteiger partial charge in [-0.15, -0.1) is 11.5 Å². The lowest BCUT2D eigenvalue weighted by molar-refractivity contribution is 0.179. The molecular formula is C12H17NOSi. The molecule has 0 fully saturated rings. The minimum absolute atomic E-state index is 0.473. The second kappa shape index (κ2) is 5.10. The number of aliphatic hydroxyl groups excluding tert-OH is 1. The smallest absolute Gasteiger partial charge is 0.129 e. The number of aliphatic hydroxyl groups is 1. The van der Waals surface area contributed by atoms with Crippen LogP contribution in [-0.2, 0) is 0 Å². The van der Waals surface area contributed by atoms with E-state index in [2.05, 4.69) is 36.1 Å². The molecule has 0 aromatic carbocycles. The lowest BCUT2D eigenvalue weighted by atomic mass is 10.2. The van der Waals surface area contributed by atoms with Gasteiger partial charge in [0, 0.05) is 12.6 Å². The third kappa shape index (κ3) is 4.77. The minimum atomic E-state index is -1.32. The number of nitrogens with zero attached hydrogens (tertiary/aromatic N) is 1. The molecule has 1 N–H and O–H groups in total. The van der Waals surface area contributed by atoms with Crippen molar-refractivity contribution in [3.8, 4) is 11.5 Å². The fourth-order valence-corrected chi connectivity index (χ4v) is 1.72. The molecule has 1 aromatic rings. The molecule has 0 aliphatic carbocycles. The van der Waals surface area contributed by atoms with Crippen LogP contribution in [0.3, 0.4) is 0 Å². The quantitative estimate of drug-likeness (QED) is 0.612. The van der Waals surface area contributed by atoms with E-state index in [9.17, 15) is 5.11 Å². The number of pyridine rings is 1. The standard InChI is InChI=1S/C12H17NOSi/c1-15(2,3)10-6-8-12(14)11-7-4-5-9-13-11/h4-5,7,9,12,14H,8H2,1-3H3. The van der Waals surface area contributed by atoms with Gasteiger partial charge in [-0.3, -0.25) is 4.98 Å². The predicted octanol–water partition coefficient (Wildman–Crippen LogP) is 2.39. The molecule has 3 heteroatoms. The van der Waals surface area contributed by atoms with Gasteiger partial charge in [-0.25, -0.2) is 0 Å². The van der Waals surface area contributed by atoms with Gasteiger partial charge in [-0.05, 0) is 12.1 Å². The van der Waals surface area contributed by atoms with Crippen LogP contribution in [0.2, 0.25) is 19.6 Å². The molecule has 1 atom stereocenters. The predicted molar refractivity (Wildman–Crippen MR) is 64.9 cm³/mol. The first kappa shape index (κ1) is 12.0. The van der Waals surface area contributed by atoms with Crippen molar-refractivity contribution in [2.75, 3.05) is 0 Å². The van der Waals surface area contributed by atoms with Gasteiger partial charge in [-0.1, -0.05) is 25.7 Å². The van der Waals surface area contributed by atoms with Crippen LogP contribution in [0.1, 0.15) is 18.2 Å². The Kier molecular flexibility index (Phi) is 4.07. The van der Waals surface area contributed by atoms with E-state index in [0.29, 0.717) is 12.1 Å². The zero-order chi connectivity index (χ0) is 11.3. The van der Waals surface area contributed by atoms with E-state index < -0.39 is 14.2 Å². The second-order valence-corrected chi connectivity index (χ2v) is 9.28. The first-order chi connectivity index (χ1) is 6.99. The van der Waals surface area contributed by atoms with Gasteiger partial charge in [0.1, 0.15) is 14.2 Å². The number of rotatable bonds is 2. The summed E-state index contributed by atoms with van der Waals surface area (Å²) in [6, 6.07) is 5.53. The number of hydrogen-bond donors (Lipinski definition) is 1.